The normalized spacial score (nSPS) is 10.7. The highest BCUT2D eigenvalue weighted by Gasteiger charge is 2.19. The first-order valence-corrected chi connectivity index (χ1v) is 10.2. The summed E-state index contributed by atoms with van der Waals surface area (Å²) in [7, 11) is 1.63. The van der Waals surface area contributed by atoms with Gasteiger partial charge in [0.1, 0.15) is 12.4 Å². The Morgan fingerprint density at radius 1 is 0.967 bits per heavy atom. The molecule has 158 valence electrons. The molecule has 0 radical (unpaired) electrons. The van der Waals surface area contributed by atoms with Gasteiger partial charge in [-0.2, -0.15) is 0 Å². The van der Waals surface area contributed by atoms with Crippen molar-refractivity contribution in [2.24, 2.45) is 7.05 Å². The standard InChI is InChI=1S/C24H27NO5/c1-3-4-5-9-14-28-22-20-13-12-19(29-16-18-10-7-6-8-11-18)15-21(20)25(2)24(27)23(22)30-17-26/h6-8,10-13,15,17H,3-5,9,14,16H2,1-2H3. The van der Waals surface area contributed by atoms with Crippen molar-refractivity contribution in [1.82, 2.24) is 4.57 Å². The van der Waals surface area contributed by atoms with E-state index in [9.17, 15) is 9.59 Å². The molecule has 3 rings (SSSR count). The molecule has 0 saturated carbocycles. The Balaban J connectivity index is 1.91. The number of hydrogen-bond acceptors (Lipinski definition) is 5. The second-order valence-corrected chi connectivity index (χ2v) is 7.10. The lowest BCUT2D eigenvalue weighted by atomic mass is 10.1. The van der Waals surface area contributed by atoms with Crippen molar-refractivity contribution < 1.29 is 19.0 Å². The summed E-state index contributed by atoms with van der Waals surface area (Å²) < 4.78 is 18.2. The average molecular weight is 409 g/mol. The van der Waals surface area contributed by atoms with Crippen molar-refractivity contribution in [1.29, 1.82) is 0 Å². The minimum absolute atomic E-state index is 0.0894. The van der Waals surface area contributed by atoms with E-state index in [1.807, 2.05) is 42.5 Å². The smallest absolute Gasteiger partial charge is 0.298 e. The number of pyridine rings is 1. The van der Waals surface area contributed by atoms with Gasteiger partial charge in [-0.15, -0.1) is 0 Å². The summed E-state index contributed by atoms with van der Waals surface area (Å²) in [6.45, 7) is 3.27. The van der Waals surface area contributed by atoms with E-state index in [4.69, 9.17) is 14.2 Å². The summed E-state index contributed by atoms with van der Waals surface area (Å²) >= 11 is 0. The molecule has 0 N–H and O–H groups in total. The zero-order chi connectivity index (χ0) is 21.3. The number of aryl methyl sites for hydroxylation is 1. The first-order chi connectivity index (χ1) is 14.7. The number of ether oxygens (including phenoxy) is 3. The molecule has 6 heteroatoms. The minimum Gasteiger partial charge on any atom is -0.489 e. The molecule has 0 saturated heterocycles. The zero-order valence-corrected chi connectivity index (χ0v) is 17.4. The summed E-state index contributed by atoms with van der Waals surface area (Å²) in [4.78, 5) is 23.7. The molecule has 0 aliphatic carbocycles. The molecule has 0 aliphatic rings. The summed E-state index contributed by atoms with van der Waals surface area (Å²) in [5, 5.41) is 0.691. The van der Waals surface area contributed by atoms with Crippen LogP contribution in [0.5, 0.6) is 17.2 Å². The molecule has 1 aromatic heterocycles. The van der Waals surface area contributed by atoms with Crippen molar-refractivity contribution in [3.63, 3.8) is 0 Å². The van der Waals surface area contributed by atoms with Crippen molar-refractivity contribution >= 4 is 17.4 Å². The van der Waals surface area contributed by atoms with Gasteiger partial charge in [0.25, 0.3) is 12.0 Å². The molecule has 0 spiro atoms. The van der Waals surface area contributed by atoms with Gasteiger partial charge in [0, 0.05) is 18.5 Å². The zero-order valence-electron chi connectivity index (χ0n) is 17.4. The second-order valence-electron chi connectivity index (χ2n) is 7.10. The summed E-state index contributed by atoms with van der Waals surface area (Å²) in [5.74, 6) is 0.846. The van der Waals surface area contributed by atoms with E-state index in [1.165, 1.54) is 4.57 Å². The predicted octanol–water partition coefficient (Wildman–Crippen LogP) is 4.61. The monoisotopic (exact) mass is 409 g/mol. The van der Waals surface area contributed by atoms with E-state index in [0.717, 1.165) is 31.2 Å². The third kappa shape index (κ3) is 5.00. The Hall–Kier alpha value is -3.28. The summed E-state index contributed by atoms with van der Waals surface area (Å²) in [6, 6.07) is 15.3. The molecule has 30 heavy (non-hydrogen) atoms. The van der Waals surface area contributed by atoms with E-state index >= 15 is 0 Å². The van der Waals surface area contributed by atoms with Gasteiger partial charge in [-0.25, -0.2) is 0 Å². The second kappa shape index (κ2) is 10.5. The number of fused-ring (bicyclic) bond motifs is 1. The van der Waals surface area contributed by atoms with Crippen LogP contribution in [0.1, 0.15) is 38.2 Å². The van der Waals surface area contributed by atoms with Crippen molar-refractivity contribution in [2.45, 2.75) is 39.2 Å². The number of benzene rings is 2. The van der Waals surface area contributed by atoms with Gasteiger partial charge in [-0.05, 0) is 24.1 Å². The van der Waals surface area contributed by atoms with Crippen LogP contribution in [0.2, 0.25) is 0 Å². The van der Waals surface area contributed by atoms with Crippen LogP contribution in [0, 0.1) is 0 Å². The van der Waals surface area contributed by atoms with Gasteiger partial charge in [-0.3, -0.25) is 9.59 Å². The van der Waals surface area contributed by atoms with Crippen LogP contribution in [0.3, 0.4) is 0 Å². The molecule has 6 nitrogen and oxygen atoms in total. The summed E-state index contributed by atoms with van der Waals surface area (Å²) in [5.41, 5.74) is 1.27. The number of nitrogens with zero attached hydrogens (tertiary/aromatic N) is 1. The molecule has 0 unspecified atom stereocenters. The van der Waals surface area contributed by atoms with Gasteiger partial charge < -0.3 is 18.8 Å². The number of unbranched alkanes of at least 4 members (excludes halogenated alkanes) is 3. The Labute approximate surface area is 176 Å². The van der Waals surface area contributed by atoms with Gasteiger partial charge in [0.2, 0.25) is 5.75 Å². The molecule has 0 fully saturated rings. The van der Waals surface area contributed by atoms with Gasteiger partial charge in [-0.1, -0.05) is 56.5 Å². The van der Waals surface area contributed by atoms with Crippen LogP contribution in [0.4, 0.5) is 0 Å². The van der Waals surface area contributed by atoms with Crippen LogP contribution in [0.15, 0.2) is 53.3 Å². The molecular weight excluding hydrogens is 382 g/mol. The first-order valence-electron chi connectivity index (χ1n) is 10.2. The summed E-state index contributed by atoms with van der Waals surface area (Å²) in [6.07, 6.45) is 4.16. The Kier molecular flexibility index (Phi) is 7.49. The van der Waals surface area contributed by atoms with E-state index < -0.39 is 5.56 Å². The fourth-order valence-corrected chi connectivity index (χ4v) is 3.29. The Morgan fingerprint density at radius 2 is 1.77 bits per heavy atom. The third-order valence-corrected chi connectivity index (χ3v) is 4.94. The van der Waals surface area contributed by atoms with Gasteiger partial charge in [0.05, 0.1) is 12.1 Å². The predicted molar refractivity (Wildman–Crippen MR) is 116 cm³/mol. The van der Waals surface area contributed by atoms with Crippen LogP contribution in [-0.4, -0.2) is 17.6 Å². The molecule has 0 bridgehead atoms. The van der Waals surface area contributed by atoms with E-state index in [2.05, 4.69) is 6.92 Å². The Bertz CT molecular complexity index is 1040. The number of carbonyl (C=O) groups is 1. The fourth-order valence-electron chi connectivity index (χ4n) is 3.29. The molecule has 3 aromatic rings. The highest BCUT2D eigenvalue weighted by Crippen LogP contribution is 2.34. The molecular formula is C24H27NO5. The van der Waals surface area contributed by atoms with E-state index in [1.54, 1.807) is 13.1 Å². The molecule has 1 heterocycles. The number of carbonyl (C=O) groups excluding carboxylic acids is 1. The quantitative estimate of drug-likeness (QED) is 0.342. The highest BCUT2D eigenvalue weighted by molar-refractivity contribution is 5.89. The fraction of sp³-hybridized carbons (Fsp3) is 0.333. The lowest BCUT2D eigenvalue weighted by molar-refractivity contribution is -0.120. The third-order valence-electron chi connectivity index (χ3n) is 4.94. The molecule has 0 aliphatic heterocycles. The van der Waals surface area contributed by atoms with E-state index in [0.29, 0.717) is 35.6 Å². The van der Waals surface area contributed by atoms with Gasteiger partial charge >= 0.3 is 0 Å². The lowest BCUT2D eigenvalue weighted by Crippen LogP contribution is -2.21. The van der Waals surface area contributed by atoms with Gasteiger partial charge in [0.15, 0.2) is 5.75 Å². The first kappa shape index (κ1) is 21.4. The molecule has 2 aromatic carbocycles. The number of aromatic nitrogens is 1. The molecule has 0 amide bonds. The minimum atomic E-state index is -0.432. The maximum atomic E-state index is 12.8. The average Bonchev–Trinajstić information content (AvgIpc) is 2.78. The van der Waals surface area contributed by atoms with Crippen molar-refractivity contribution in [3.8, 4) is 17.2 Å². The maximum Gasteiger partial charge on any atom is 0.298 e. The lowest BCUT2D eigenvalue weighted by Gasteiger charge is -2.16. The van der Waals surface area contributed by atoms with Crippen LogP contribution in [0.25, 0.3) is 10.9 Å². The Morgan fingerprint density at radius 3 is 2.50 bits per heavy atom. The largest absolute Gasteiger partial charge is 0.489 e. The van der Waals surface area contributed by atoms with Crippen LogP contribution in [-0.2, 0) is 18.4 Å². The highest BCUT2D eigenvalue weighted by atomic mass is 16.5. The maximum absolute atomic E-state index is 12.8. The number of rotatable bonds is 11. The van der Waals surface area contributed by atoms with Crippen LogP contribution >= 0.6 is 0 Å². The van der Waals surface area contributed by atoms with Crippen molar-refractivity contribution in [3.05, 3.63) is 64.4 Å². The molecule has 0 atom stereocenters. The van der Waals surface area contributed by atoms with E-state index in [-0.39, 0.29) is 12.2 Å². The van der Waals surface area contributed by atoms with Crippen LogP contribution < -0.4 is 19.8 Å². The topological polar surface area (TPSA) is 66.8 Å². The SMILES string of the molecule is CCCCCCOc1c(OC=O)c(=O)n(C)c2cc(OCc3ccccc3)ccc12. The number of hydrogen-bond donors (Lipinski definition) is 0. The van der Waals surface area contributed by atoms with Crippen molar-refractivity contribution in [2.75, 3.05) is 6.61 Å².